The van der Waals surface area contributed by atoms with E-state index in [9.17, 15) is 0 Å². The van der Waals surface area contributed by atoms with Crippen molar-refractivity contribution in [2.45, 2.75) is 88.3 Å². The average Bonchev–Trinajstić information content (AvgIpc) is 3.74. The molecule has 0 aliphatic carbocycles. The number of hydrogen-bond acceptors (Lipinski definition) is 3. The van der Waals surface area contributed by atoms with Gasteiger partial charge in [-0.05, 0) is 80.5 Å². The van der Waals surface area contributed by atoms with E-state index in [-0.39, 0.29) is 16.2 Å². The molecule has 8 aromatic rings. The lowest BCUT2D eigenvalue weighted by molar-refractivity contribution is -0.589. The fraction of sp³-hybridized carbons (Fsp3) is 0.245. The molecule has 0 aliphatic heterocycles. The van der Waals surface area contributed by atoms with Crippen LogP contribution in [0, 0.1) is 6.33 Å². The standard InChI is InChI=1S/C49H49N5S/c1-47(2,3)34-24-25-50-45(29-34)54-43-21-14-13-20-41(43)42-23-22-40(31-44(42)54)55-39-19-15-18-37(30-39)53-32-52(46(51-53)33-16-11-10-12-17-33)38-27-35(48(4,5)6)26-36(28-38)49(7,8)9/h10-31H,1-9H3. The maximum Gasteiger partial charge on any atom is 0.231 e. The van der Waals surface area contributed by atoms with Gasteiger partial charge in [0.25, 0.3) is 0 Å². The highest BCUT2D eigenvalue weighted by Gasteiger charge is 2.23. The van der Waals surface area contributed by atoms with Crippen LogP contribution < -0.4 is 4.57 Å². The third kappa shape index (κ3) is 7.24. The fourth-order valence-electron chi connectivity index (χ4n) is 7.06. The first-order chi connectivity index (χ1) is 26.1. The first kappa shape index (κ1) is 36.5. The number of rotatable bonds is 6. The molecule has 0 saturated heterocycles. The van der Waals surface area contributed by atoms with Gasteiger partial charge in [-0.3, -0.25) is 4.57 Å². The highest BCUT2D eigenvalue weighted by Crippen LogP contribution is 2.37. The summed E-state index contributed by atoms with van der Waals surface area (Å²) in [6.07, 6.45) is 5.58. The van der Waals surface area contributed by atoms with E-state index in [0.717, 1.165) is 49.4 Å². The third-order valence-electron chi connectivity index (χ3n) is 10.3. The molecule has 5 aromatic carbocycles. The third-order valence-corrected chi connectivity index (χ3v) is 11.3. The van der Waals surface area contributed by atoms with Crippen LogP contribution in [0.25, 0.3) is 50.4 Å². The molecule has 55 heavy (non-hydrogen) atoms. The zero-order chi connectivity index (χ0) is 38.7. The van der Waals surface area contributed by atoms with Crippen LogP contribution in [0.15, 0.2) is 143 Å². The van der Waals surface area contributed by atoms with E-state index in [1.54, 1.807) is 11.8 Å². The van der Waals surface area contributed by atoms with E-state index in [1.165, 1.54) is 27.5 Å². The molecule has 0 spiro atoms. The van der Waals surface area contributed by atoms with Gasteiger partial charge in [0.1, 0.15) is 5.82 Å². The van der Waals surface area contributed by atoms with Crippen LogP contribution in [0.4, 0.5) is 0 Å². The van der Waals surface area contributed by atoms with Crippen LogP contribution in [0.3, 0.4) is 0 Å². The minimum atomic E-state index is -0.0185. The summed E-state index contributed by atoms with van der Waals surface area (Å²) in [5.74, 6) is 1.77. The molecule has 5 nitrogen and oxygen atoms in total. The zero-order valence-electron chi connectivity index (χ0n) is 33.3. The van der Waals surface area contributed by atoms with E-state index >= 15 is 0 Å². The largest absolute Gasteiger partial charge is 0.314 e. The molecule has 276 valence electrons. The predicted molar refractivity (Wildman–Crippen MR) is 228 cm³/mol. The Kier molecular flexibility index (Phi) is 9.08. The molecule has 8 rings (SSSR count). The Morgan fingerprint density at radius 3 is 1.93 bits per heavy atom. The summed E-state index contributed by atoms with van der Waals surface area (Å²) in [5.41, 5.74) is 9.14. The second-order valence-electron chi connectivity index (χ2n) is 17.6. The zero-order valence-corrected chi connectivity index (χ0v) is 34.2. The second-order valence-corrected chi connectivity index (χ2v) is 18.7. The van der Waals surface area contributed by atoms with Gasteiger partial charge in [0.15, 0.2) is 0 Å². The lowest BCUT2D eigenvalue weighted by Crippen LogP contribution is -2.33. The summed E-state index contributed by atoms with van der Waals surface area (Å²) in [6.45, 7) is 20.4. The van der Waals surface area contributed by atoms with Crippen LogP contribution in [0.2, 0.25) is 0 Å². The number of nitrogens with zero attached hydrogens (tertiary/aromatic N) is 5. The molecule has 0 fully saturated rings. The van der Waals surface area contributed by atoms with Crippen LogP contribution >= 0.6 is 11.8 Å². The normalized spacial score (nSPS) is 12.5. The summed E-state index contributed by atoms with van der Waals surface area (Å²) in [5, 5.41) is 7.63. The SMILES string of the molecule is CC(C)(C)c1cc(-[n+]2[c-]n(-c3cccc(Sc4ccc5c6ccccc6n(-c6cc(C(C)(C)C)ccn6)c5c4)c3)nc2-c2ccccc2)cc(C(C)(C)C)c1. The van der Waals surface area contributed by atoms with Crippen LogP contribution in [-0.4, -0.2) is 19.3 Å². The summed E-state index contributed by atoms with van der Waals surface area (Å²) < 4.78 is 6.32. The summed E-state index contributed by atoms with van der Waals surface area (Å²) >= 11 is 1.75. The maximum absolute atomic E-state index is 5.20. The van der Waals surface area contributed by atoms with E-state index < -0.39 is 0 Å². The highest BCUT2D eigenvalue weighted by molar-refractivity contribution is 7.99. The molecule has 3 heterocycles. The minimum Gasteiger partial charge on any atom is -0.314 e. The van der Waals surface area contributed by atoms with E-state index in [4.69, 9.17) is 10.1 Å². The second kappa shape index (κ2) is 13.7. The van der Waals surface area contributed by atoms with E-state index in [0.29, 0.717) is 0 Å². The molecular weight excluding hydrogens is 691 g/mol. The van der Waals surface area contributed by atoms with Gasteiger partial charge >= 0.3 is 0 Å². The van der Waals surface area contributed by atoms with Crippen LogP contribution in [-0.2, 0) is 16.2 Å². The van der Waals surface area contributed by atoms with Gasteiger partial charge in [-0.1, -0.05) is 159 Å². The van der Waals surface area contributed by atoms with Crippen LogP contribution in [0.1, 0.15) is 79.0 Å². The smallest absolute Gasteiger partial charge is 0.231 e. The van der Waals surface area contributed by atoms with Crippen molar-refractivity contribution in [3.8, 4) is 28.6 Å². The molecule has 0 saturated carbocycles. The Bertz CT molecular complexity index is 2650. The van der Waals surface area contributed by atoms with Gasteiger partial charge in [-0.2, -0.15) is 4.68 Å². The Balaban J connectivity index is 1.21. The highest BCUT2D eigenvalue weighted by atomic mass is 32.2. The number of pyridine rings is 1. The van der Waals surface area contributed by atoms with Crippen molar-refractivity contribution in [3.05, 3.63) is 157 Å². The van der Waals surface area contributed by atoms with Crippen LogP contribution in [0.5, 0.6) is 0 Å². The van der Waals surface area contributed by atoms with Crippen molar-refractivity contribution in [1.29, 1.82) is 0 Å². The Morgan fingerprint density at radius 1 is 0.564 bits per heavy atom. The van der Waals surface area contributed by atoms with Gasteiger partial charge in [0.2, 0.25) is 12.2 Å². The molecule has 0 unspecified atom stereocenters. The van der Waals surface area contributed by atoms with Gasteiger partial charge in [0, 0.05) is 38.0 Å². The van der Waals surface area contributed by atoms with Crippen molar-refractivity contribution < 1.29 is 4.57 Å². The van der Waals surface area contributed by atoms with Gasteiger partial charge in [0.05, 0.1) is 16.7 Å². The molecule has 0 amide bonds. The summed E-state index contributed by atoms with van der Waals surface area (Å²) in [6, 6.07) is 45.7. The van der Waals surface area contributed by atoms with Crippen molar-refractivity contribution in [2.75, 3.05) is 0 Å². The Hall–Kier alpha value is -5.46. The quantitative estimate of drug-likeness (QED) is 0.126. The molecule has 0 bridgehead atoms. The number of fused-ring (bicyclic) bond motifs is 3. The molecule has 0 radical (unpaired) electrons. The Morgan fingerprint density at radius 2 is 1.22 bits per heavy atom. The molecule has 0 aliphatic rings. The molecule has 0 atom stereocenters. The lowest BCUT2D eigenvalue weighted by Gasteiger charge is -2.27. The van der Waals surface area contributed by atoms with E-state index in [1.807, 2.05) is 16.9 Å². The summed E-state index contributed by atoms with van der Waals surface area (Å²) in [4.78, 5) is 7.15. The van der Waals surface area contributed by atoms with E-state index in [2.05, 4.69) is 199 Å². The van der Waals surface area contributed by atoms with Crippen molar-refractivity contribution >= 4 is 33.6 Å². The average molecular weight is 740 g/mol. The Labute approximate surface area is 329 Å². The molecule has 3 aromatic heterocycles. The topological polar surface area (TPSA) is 39.5 Å². The molecule has 6 heteroatoms. The lowest BCUT2D eigenvalue weighted by atomic mass is 9.80. The number of benzene rings is 5. The van der Waals surface area contributed by atoms with Crippen molar-refractivity contribution in [3.63, 3.8) is 0 Å². The predicted octanol–water partition coefficient (Wildman–Crippen LogP) is 12.2. The molecular formula is C49H49N5S. The minimum absolute atomic E-state index is 0.0153. The fourth-order valence-corrected chi connectivity index (χ4v) is 7.97. The summed E-state index contributed by atoms with van der Waals surface area (Å²) in [7, 11) is 0. The van der Waals surface area contributed by atoms with Crippen molar-refractivity contribution in [2.24, 2.45) is 0 Å². The first-order valence-corrected chi connectivity index (χ1v) is 19.9. The van der Waals surface area contributed by atoms with Gasteiger partial charge < -0.3 is 4.57 Å². The number of para-hydroxylation sites is 1. The maximum atomic E-state index is 5.20. The molecule has 0 N–H and O–H groups in total. The van der Waals surface area contributed by atoms with Crippen molar-refractivity contribution in [1.82, 2.24) is 19.3 Å². The van der Waals surface area contributed by atoms with Gasteiger partial charge in [-0.15, -0.1) is 0 Å². The number of aromatic nitrogens is 5. The first-order valence-electron chi connectivity index (χ1n) is 19.1. The van der Waals surface area contributed by atoms with Gasteiger partial charge in [-0.25, -0.2) is 4.98 Å². The monoisotopic (exact) mass is 739 g/mol. The number of hydrogen-bond donors (Lipinski definition) is 0.